The summed E-state index contributed by atoms with van der Waals surface area (Å²) < 4.78 is 54.3. The molecule has 5 aliphatic rings. The molecule has 4 atom stereocenters. The fourth-order valence-electron chi connectivity index (χ4n) is 9.37. The molecule has 0 aromatic heterocycles. The van der Waals surface area contributed by atoms with Crippen LogP contribution in [-0.2, 0) is 19.7 Å². The second kappa shape index (κ2) is 11.3. The third-order valence-corrected chi connectivity index (χ3v) is 18.7. The normalized spacial score (nSPS) is 44.0. The van der Waals surface area contributed by atoms with Gasteiger partial charge in [0.2, 0.25) is 0 Å². The molecule has 4 bridgehead atoms. The monoisotopic (exact) mass is 564 g/mol. The molecule has 0 radical (unpaired) electrons. The predicted molar refractivity (Wildman–Crippen MR) is 158 cm³/mol. The number of allylic oxidation sites excluding steroid dienone is 4. The maximum atomic E-state index is 14.0. The van der Waals surface area contributed by atoms with Gasteiger partial charge in [-0.2, -0.15) is 0 Å². The van der Waals surface area contributed by atoms with Crippen molar-refractivity contribution < 1.29 is 16.8 Å². The lowest BCUT2D eigenvalue weighted by molar-refractivity contribution is 0.373. The average Bonchev–Trinajstić information content (AvgIpc) is 3.10. The van der Waals surface area contributed by atoms with Crippen LogP contribution in [0, 0.1) is 0 Å². The van der Waals surface area contributed by atoms with E-state index in [2.05, 4.69) is 24.3 Å². The number of rotatable bonds is 0. The topological polar surface area (TPSA) is 68.3 Å². The summed E-state index contributed by atoms with van der Waals surface area (Å²) >= 11 is 0. The van der Waals surface area contributed by atoms with E-state index in [1.807, 2.05) is 0 Å². The number of hydrogen-bond acceptors (Lipinski definition) is 4. The standard InChI is InChI=1S/C32H52O4S2/c33-37(34)29-17-9-5-1-2-6-10-18-30-22-15-16-24-32(28-27-30,38(30,35)36)20-12-8-4-3-7-11-19-31(37,26-25-29)23-14-13-21-29/h1-4H,5-28H2/b2-1-,4-3+/t29-,30-,31+,32+/m0/s1. The first kappa shape index (κ1) is 28.9. The zero-order chi connectivity index (χ0) is 26.8. The Morgan fingerprint density at radius 2 is 0.526 bits per heavy atom. The fourth-order valence-corrected chi connectivity index (χ4v) is 16.0. The molecule has 0 spiro atoms. The molecule has 5 aliphatic heterocycles. The minimum atomic E-state index is -3.12. The Morgan fingerprint density at radius 1 is 0.316 bits per heavy atom. The van der Waals surface area contributed by atoms with E-state index in [-0.39, 0.29) is 0 Å². The lowest BCUT2D eigenvalue weighted by atomic mass is 9.81. The summed E-state index contributed by atoms with van der Waals surface area (Å²) in [5.74, 6) is 0. The molecular formula is C32H52O4S2. The first-order chi connectivity index (χ1) is 18.2. The van der Waals surface area contributed by atoms with Gasteiger partial charge < -0.3 is 0 Å². The lowest BCUT2D eigenvalue weighted by Crippen LogP contribution is -2.43. The van der Waals surface area contributed by atoms with Crippen molar-refractivity contribution in [3.05, 3.63) is 24.3 Å². The molecule has 0 aromatic carbocycles. The van der Waals surface area contributed by atoms with Crippen LogP contribution in [0.15, 0.2) is 24.3 Å². The predicted octanol–water partition coefficient (Wildman–Crippen LogP) is 8.31. The lowest BCUT2D eigenvalue weighted by Gasteiger charge is -2.32. The molecule has 0 N–H and O–H groups in total. The third-order valence-electron chi connectivity index (χ3n) is 11.7. The average molecular weight is 565 g/mol. The zero-order valence-electron chi connectivity index (χ0n) is 23.7. The van der Waals surface area contributed by atoms with Crippen LogP contribution in [0.1, 0.15) is 154 Å². The van der Waals surface area contributed by atoms with E-state index in [1.54, 1.807) is 0 Å². The summed E-state index contributed by atoms with van der Waals surface area (Å²) in [6, 6.07) is 0. The van der Waals surface area contributed by atoms with Crippen LogP contribution in [0.4, 0.5) is 0 Å². The van der Waals surface area contributed by atoms with Crippen LogP contribution in [-0.4, -0.2) is 35.8 Å². The molecule has 5 heterocycles. The van der Waals surface area contributed by atoms with Crippen LogP contribution >= 0.6 is 0 Å². The summed E-state index contributed by atoms with van der Waals surface area (Å²) in [5.41, 5.74) is 0. The van der Waals surface area contributed by atoms with Crippen LogP contribution in [0.25, 0.3) is 0 Å². The quantitative estimate of drug-likeness (QED) is 0.277. The highest BCUT2D eigenvalue weighted by Crippen LogP contribution is 2.57. The molecule has 6 heteroatoms. The van der Waals surface area contributed by atoms with Gasteiger partial charge in [0.25, 0.3) is 0 Å². The minimum Gasteiger partial charge on any atom is -0.228 e. The molecule has 5 rings (SSSR count). The van der Waals surface area contributed by atoms with E-state index >= 15 is 0 Å². The van der Waals surface area contributed by atoms with Crippen molar-refractivity contribution in [1.82, 2.24) is 0 Å². The molecule has 4 fully saturated rings. The minimum absolute atomic E-state index is 0.480. The van der Waals surface area contributed by atoms with Crippen molar-refractivity contribution in [3.8, 4) is 0 Å². The Kier molecular flexibility index (Phi) is 8.62. The van der Waals surface area contributed by atoms with Gasteiger partial charge in [0.05, 0.1) is 19.0 Å². The summed E-state index contributed by atoms with van der Waals surface area (Å²) in [5, 5.41) is 0. The number of sulfone groups is 2. The van der Waals surface area contributed by atoms with E-state index in [0.717, 1.165) is 154 Å². The first-order valence-electron chi connectivity index (χ1n) is 16.0. The second-order valence-electron chi connectivity index (χ2n) is 13.7. The maximum absolute atomic E-state index is 14.0. The smallest absolute Gasteiger partial charge is 0.161 e. The fraction of sp³-hybridized carbons (Fsp3) is 0.875. The van der Waals surface area contributed by atoms with Crippen LogP contribution in [0.5, 0.6) is 0 Å². The third kappa shape index (κ3) is 4.80. The van der Waals surface area contributed by atoms with Crippen LogP contribution in [0.3, 0.4) is 0 Å². The summed E-state index contributed by atoms with van der Waals surface area (Å²) in [7, 11) is -6.24. The van der Waals surface area contributed by atoms with Gasteiger partial charge >= 0.3 is 0 Å². The van der Waals surface area contributed by atoms with E-state index in [4.69, 9.17) is 0 Å². The van der Waals surface area contributed by atoms with Gasteiger partial charge in [0, 0.05) is 0 Å². The molecule has 4 saturated heterocycles. The maximum Gasteiger partial charge on any atom is 0.161 e. The Hall–Kier alpha value is -0.620. The summed E-state index contributed by atoms with van der Waals surface area (Å²) in [4.78, 5) is 0. The van der Waals surface area contributed by atoms with Crippen molar-refractivity contribution in [2.45, 2.75) is 173 Å². The van der Waals surface area contributed by atoms with Crippen LogP contribution in [0.2, 0.25) is 0 Å². The van der Waals surface area contributed by atoms with Gasteiger partial charge in [0.1, 0.15) is 0 Å². The van der Waals surface area contributed by atoms with E-state index < -0.39 is 38.7 Å². The molecule has 0 saturated carbocycles. The van der Waals surface area contributed by atoms with Gasteiger partial charge in [-0.15, -0.1) is 0 Å². The molecule has 0 aromatic rings. The highest BCUT2D eigenvalue weighted by molar-refractivity contribution is 7.94. The van der Waals surface area contributed by atoms with Crippen molar-refractivity contribution in [1.29, 1.82) is 0 Å². The van der Waals surface area contributed by atoms with Gasteiger partial charge in [0.15, 0.2) is 19.7 Å². The highest BCUT2D eigenvalue weighted by Gasteiger charge is 2.62. The summed E-state index contributed by atoms with van der Waals surface area (Å²) in [6.45, 7) is 0. The second-order valence-corrected chi connectivity index (χ2v) is 19.1. The zero-order valence-corrected chi connectivity index (χ0v) is 25.4. The van der Waals surface area contributed by atoms with E-state index in [0.29, 0.717) is 0 Å². The SMILES string of the molecule is O=S1(=O)[C@@]23CCC/C=C\CCC[C@]45CCCC[C@](CCC/C=C/CCC[C@@]1(CCCC2)CC3)(CC4)S5(=O)=O. The van der Waals surface area contributed by atoms with E-state index in [1.165, 1.54) is 0 Å². The molecule has 216 valence electrons. The van der Waals surface area contributed by atoms with Gasteiger partial charge in [-0.3, -0.25) is 0 Å². The van der Waals surface area contributed by atoms with Crippen molar-refractivity contribution in [2.75, 3.05) is 0 Å². The van der Waals surface area contributed by atoms with Gasteiger partial charge in [-0.1, -0.05) is 50.0 Å². The summed E-state index contributed by atoms with van der Waals surface area (Å²) in [6.07, 6.45) is 30.8. The molecule has 4 nitrogen and oxygen atoms in total. The van der Waals surface area contributed by atoms with Gasteiger partial charge in [-0.05, 0) is 128 Å². The molecule has 0 amide bonds. The van der Waals surface area contributed by atoms with Crippen molar-refractivity contribution in [2.24, 2.45) is 0 Å². The number of hydrogen-bond donors (Lipinski definition) is 0. The molecule has 0 aliphatic carbocycles. The molecular weight excluding hydrogens is 512 g/mol. The Morgan fingerprint density at radius 3 is 0.763 bits per heavy atom. The Labute approximate surface area is 233 Å². The van der Waals surface area contributed by atoms with Crippen molar-refractivity contribution in [3.63, 3.8) is 0 Å². The molecule has 0 unspecified atom stereocenters. The largest absolute Gasteiger partial charge is 0.228 e. The molecule has 38 heavy (non-hydrogen) atoms. The van der Waals surface area contributed by atoms with Crippen molar-refractivity contribution >= 4 is 19.7 Å². The van der Waals surface area contributed by atoms with E-state index in [9.17, 15) is 16.8 Å². The Bertz CT molecular complexity index is 946. The first-order valence-corrected chi connectivity index (χ1v) is 19.0. The van der Waals surface area contributed by atoms with Gasteiger partial charge in [-0.25, -0.2) is 16.8 Å². The van der Waals surface area contributed by atoms with Crippen LogP contribution < -0.4 is 0 Å². The Balaban J connectivity index is 1.31. The highest BCUT2D eigenvalue weighted by atomic mass is 32.2.